The van der Waals surface area contributed by atoms with Crippen LogP contribution in [-0.4, -0.2) is 42.8 Å². The zero-order valence-electron chi connectivity index (χ0n) is 13.9. The maximum Gasteiger partial charge on any atom is 0.243 e. The highest BCUT2D eigenvalue weighted by atomic mass is 32.2. The van der Waals surface area contributed by atoms with E-state index < -0.39 is 10.0 Å². The van der Waals surface area contributed by atoms with Crippen molar-refractivity contribution in [1.82, 2.24) is 4.31 Å². The highest BCUT2D eigenvalue weighted by molar-refractivity contribution is 7.89. The van der Waals surface area contributed by atoms with Crippen molar-refractivity contribution in [3.63, 3.8) is 0 Å². The Morgan fingerprint density at radius 2 is 1.78 bits per heavy atom. The summed E-state index contributed by atoms with van der Waals surface area (Å²) in [4.78, 5) is 0.209. The fourth-order valence-corrected chi connectivity index (χ4v) is 4.73. The predicted molar refractivity (Wildman–Crippen MR) is 92.2 cm³/mol. The average molecular weight is 338 g/mol. The lowest BCUT2D eigenvalue weighted by molar-refractivity contribution is -0.500. The molecule has 0 radical (unpaired) electrons. The minimum atomic E-state index is -3.57. The molecule has 1 saturated carbocycles. The van der Waals surface area contributed by atoms with E-state index in [1.54, 1.807) is 24.3 Å². The lowest BCUT2D eigenvalue weighted by Crippen LogP contribution is -2.32. The Morgan fingerprint density at radius 1 is 1.17 bits per heavy atom. The maximum absolute atomic E-state index is 12.8. The van der Waals surface area contributed by atoms with E-state index in [1.807, 2.05) is 13.8 Å². The first-order valence-electron chi connectivity index (χ1n) is 8.40. The fraction of sp³-hybridized carbons (Fsp3) is 0.588. The highest BCUT2D eigenvalue weighted by Gasteiger charge is 2.26. The van der Waals surface area contributed by atoms with Gasteiger partial charge in [0.15, 0.2) is 12.3 Å². The van der Waals surface area contributed by atoms with E-state index in [0.29, 0.717) is 18.7 Å². The second kappa shape index (κ2) is 7.93. The van der Waals surface area contributed by atoms with Crippen LogP contribution >= 0.6 is 0 Å². The van der Waals surface area contributed by atoms with Crippen molar-refractivity contribution in [2.24, 2.45) is 0 Å². The molecule has 0 spiro atoms. The van der Waals surface area contributed by atoms with Gasteiger partial charge in [0.1, 0.15) is 0 Å². The van der Waals surface area contributed by atoms with Gasteiger partial charge in [-0.25, -0.2) is 13.2 Å². The standard InChI is InChI=1S/C17H26N2O3S/c1-3-18(4-2)23(21,22)17-13-9-8-10-15(17)14-19(20)16-11-6-5-7-12-16/h8-10,13-14,16H,3-7,11-12H2,1-2H3/b19-14-. The largest absolute Gasteiger partial charge is 0.624 e. The van der Waals surface area contributed by atoms with Crippen LogP contribution in [0.25, 0.3) is 0 Å². The summed E-state index contributed by atoms with van der Waals surface area (Å²) in [6, 6.07) is 6.71. The Morgan fingerprint density at radius 3 is 2.39 bits per heavy atom. The molecule has 2 rings (SSSR count). The van der Waals surface area contributed by atoms with Gasteiger partial charge in [-0.3, -0.25) is 0 Å². The van der Waals surface area contributed by atoms with Crippen molar-refractivity contribution < 1.29 is 13.2 Å². The van der Waals surface area contributed by atoms with Gasteiger partial charge < -0.3 is 5.21 Å². The van der Waals surface area contributed by atoms with E-state index in [9.17, 15) is 13.6 Å². The summed E-state index contributed by atoms with van der Waals surface area (Å²) in [5.41, 5.74) is 0.472. The molecule has 1 aromatic carbocycles. The quantitative estimate of drug-likeness (QED) is 0.347. The van der Waals surface area contributed by atoms with Crippen molar-refractivity contribution in [1.29, 1.82) is 0 Å². The molecule has 0 bridgehead atoms. The lowest BCUT2D eigenvalue weighted by Gasteiger charge is -2.22. The molecule has 1 aliphatic carbocycles. The summed E-state index contributed by atoms with van der Waals surface area (Å²) in [5, 5.41) is 12.4. The second-order valence-electron chi connectivity index (χ2n) is 5.91. The number of benzene rings is 1. The number of hydrogen-bond donors (Lipinski definition) is 0. The van der Waals surface area contributed by atoms with E-state index in [-0.39, 0.29) is 10.9 Å². The first kappa shape index (κ1) is 17.9. The van der Waals surface area contributed by atoms with E-state index in [4.69, 9.17) is 0 Å². The van der Waals surface area contributed by atoms with Crippen LogP contribution in [0.5, 0.6) is 0 Å². The van der Waals surface area contributed by atoms with E-state index in [0.717, 1.165) is 30.4 Å². The Labute approximate surface area is 139 Å². The molecule has 23 heavy (non-hydrogen) atoms. The third-order valence-corrected chi connectivity index (χ3v) is 6.57. The van der Waals surface area contributed by atoms with Gasteiger partial charge >= 0.3 is 0 Å². The summed E-state index contributed by atoms with van der Waals surface area (Å²) in [7, 11) is -3.57. The minimum absolute atomic E-state index is 0.0343. The van der Waals surface area contributed by atoms with E-state index in [1.165, 1.54) is 16.9 Å². The Kier molecular flexibility index (Phi) is 6.18. The van der Waals surface area contributed by atoms with Crippen molar-refractivity contribution in [3.8, 4) is 0 Å². The van der Waals surface area contributed by atoms with Gasteiger partial charge in [-0.1, -0.05) is 32.4 Å². The predicted octanol–water partition coefficient (Wildman–Crippen LogP) is 2.98. The van der Waals surface area contributed by atoms with Crippen LogP contribution in [0.4, 0.5) is 0 Å². The van der Waals surface area contributed by atoms with Crippen molar-refractivity contribution in [2.75, 3.05) is 13.1 Å². The second-order valence-corrected chi connectivity index (χ2v) is 7.81. The first-order chi connectivity index (χ1) is 11.0. The number of nitrogens with zero attached hydrogens (tertiary/aromatic N) is 2. The topological polar surface area (TPSA) is 63.5 Å². The van der Waals surface area contributed by atoms with Gasteiger partial charge in [0.25, 0.3) is 0 Å². The van der Waals surface area contributed by atoms with Crippen LogP contribution in [0.2, 0.25) is 0 Å². The van der Waals surface area contributed by atoms with Gasteiger partial charge in [-0.05, 0) is 25.0 Å². The molecule has 5 nitrogen and oxygen atoms in total. The zero-order chi connectivity index (χ0) is 16.9. The van der Waals surface area contributed by atoms with Crippen molar-refractivity contribution in [2.45, 2.75) is 56.9 Å². The molecule has 1 fully saturated rings. The van der Waals surface area contributed by atoms with Gasteiger partial charge in [-0.15, -0.1) is 0 Å². The fourth-order valence-electron chi connectivity index (χ4n) is 3.10. The lowest BCUT2D eigenvalue weighted by atomic mass is 9.96. The Bertz CT molecular complexity index is 646. The maximum atomic E-state index is 12.8. The van der Waals surface area contributed by atoms with Crippen LogP contribution < -0.4 is 0 Å². The van der Waals surface area contributed by atoms with Crippen LogP contribution in [0, 0.1) is 5.21 Å². The normalized spacial score (nSPS) is 17.6. The van der Waals surface area contributed by atoms with Crippen LogP contribution in [-0.2, 0) is 10.0 Å². The zero-order valence-corrected chi connectivity index (χ0v) is 14.8. The molecular formula is C17H26N2O3S. The average Bonchev–Trinajstić information content (AvgIpc) is 2.57. The van der Waals surface area contributed by atoms with E-state index in [2.05, 4.69) is 0 Å². The highest BCUT2D eigenvalue weighted by Crippen LogP contribution is 2.22. The molecule has 0 N–H and O–H groups in total. The number of sulfonamides is 1. The van der Waals surface area contributed by atoms with Gasteiger partial charge in [0, 0.05) is 25.9 Å². The third-order valence-electron chi connectivity index (χ3n) is 4.44. The smallest absolute Gasteiger partial charge is 0.243 e. The Balaban J connectivity index is 2.37. The summed E-state index contributed by atoms with van der Waals surface area (Å²) in [6.45, 7) is 4.46. The molecule has 0 aromatic heterocycles. The molecule has 0 heterocycles. The number of hydrogen-bond acceptors (Lipinski definition) is 3. The molecule has 0 atom stereocenters. The number of rotatable bonds is 6. The molecule has 128 valence electrons. The summed E-state index contributed by atoms with van der Waals surface area (Å²) >= 11 is 0. The molecule has 0 aliphatic heterocycles. The van der Waals surface area contributed by atoms with Crippen LogP contribution in [0.1, 0.15) is 51.5 Å². The summed E-state index contributed by atoms with van der Waals surface area (Å²) < 4.78 is 27.9. The van der Waals surface area contributed by atoms with Crippen molar-refractivity contribution in [3.05, 3.63) is 35.0 Å². The van der Waals surface area contributed by atoms with E-state index >= 15 is 0 Å². The van der Waals surface area contributed by atoms with Crippen LogP contribution in [0.15, 0.2) is 29.2 Å². The first-order valence-corrected chi connectivity index (χ1v) is 9.84. The molecule has 1 aliphatic rings. The van der Waals surface area contributed by atoms with Crippen LogP contribution in [0.3, 0.4) is 0 Å². The summed E-state index contributed by atoms with van der Waals surface area (Å²) in [6.07, 6.45) is 6.52. The monoisotopic (exact) mass is 338 g/mol. The summed E-state index contributed by atoms with van der Waals surface area (Å²) in [5.74, 6) is 0. The molecule has 6 heteroatoms. The van der Waals surface area contributed by atoms with Gasteiger partial charge in [0.2, 0.25) is 10.0 Å². The molecule has 1 aromatic rings. The SMILES string of the molecule is CCN(CC)S(=O)(=O)c1ccccc1/C=[N+](\[O-])C1CCCCC1. The van der Waals surface area contributed by atoms with Gasteiger partial charge in [-0.2, -0.15) is 4.31 Å². The molecule has 0 amide bonds. The molecule has 0 unspecified atom stereocenters. The van der Waals surface area contributed by atoms with Crippen molar-refractivity contribution >= 4 is 16.2 Å². The molecular weight excluding hydrogens is 312 g/mol. The number of hydroxylamine groups is 1. The Hall–Kier alpha value is -1.40. The minimum Gasteiger partial charge on any atom is -0.624 e. The van der Waals surface area contributed by atoms with Gasteiger partial charge in [0.05, 0.1) is 10.5 Å². The third kappa shape index (κ3) is 4.12. The molecule has 0 saturated heterocycles.